The molecule has 0 aliphatic carbocycles. The standard InChI is InChI=1S/C13H18FNO/c1-10-8-15(7-6-13(10)16)9-11-4-2-3-5-12(11)14/h2-5,10,13,16H,6-9H2,1H3/t10-,13+/m0/s1. The van der Waals surface area contributed by atoms with Crippen LogP contribution in [0.4, 0.5) is 4.39 Å². The molecule has 1 saturated heterocycles. The van der Waals surface area contributed by atoms with Crippen molar-refractivity contribution < 1.29 is 9.50 Å². The molecule has 1 heterocycles. The first-order valence-corrected chi connectivity index (χ1v) is 5.80. The third kappa shape index (κ3) is 2.60. The van der Waals surface area contributed by atoms with Gasteiger partial charge in [-0.15, -0.1) is 0 Å². The predicted octanol–water partition coefficient (Wildman–Crippen LogP) is 2.03. The molecule has 0 saturated carbocycles. The molecule has 88 valence electrons. The molecule has 2 nitrogen and oxygen atoms in total. The van der Waals surface area contributed by atoms with Crippen molar-refractivity contribution in [2.75, 3.05) is 13.1 Å². The fourth-order valence-electron chi connectivity index (χ4n) is 2.23. The van der Waals surface area contributed by atoms with Gasteiger partial charge >= 0.3 is 0 Å². The van der Waals surface area contributed by atoms with Crippen molar-refractivity contribution in [1.82, 2.24) is 4.90 Å². The van der Waals surface area contributed by atoms with Gasteiger partial charge in [0.2, 0.25) is 0 Å². The zero-order chi connectivity index (χ0) is 11.5. The van der Waals surface area contributed by atoms with Gasteiger partial charge in [0.05, 0.1) is 6.10 Å². The number of aliphatic hydroxyl groups excluding tert-OH is 1. The van der Waals surface area contributed by atoms with Crippen LogP contribution in [0.5, 0.6) is 0 Å². The average molecular weight is 223 g/mol. The van der Waals surface area contributed by atoms with E-state index >= 15 is 0 Å². The highest BCUT2D eigenvalue weighted by atomic mass is 19.1. The van der Waals surface area contributed by atoms with Crippen LogP contribution in [0.2, 0.25) is 0 Å². The average Bonchev–Trinajstić information content (AvgIpc) is 2.27. The maximum atomic E-state index is 13.4. The summed E-state index contributed by atoms with van der Waals surface area (Å²) < 4.78 is 13.4. The van der Waals surface area contributed by atoms with Crippen molar-refractivity contribution in [3.8, 4) is 0 Å². The van der Waals surface area contributed by atoms with Crippen molar-refractivity contribution in [2.45, 2.75) is 26.0 Å². The molecule has 1 aliphatic heterocycles. The van der Waals surface area contributed by atoms with Crippen LogP contribution in [0.1, 0.15) is 18.9 Å². The Morgan fingerprint density at radius 3 is 2.88 bits per heavy atom. The second-order valence-corrected chi connectivity index (χ2v) is 4.66. The molecule has 0 radical (unpaired) electrons. The number of halogens is 1. The molecule has 2 rings (SSSR count). The van der Waals surface area contributed by atoms with Gasteiger partial charge in [0.25, 0.3) is 0 Å². The maximum absolute atomic E-state index is 13.4. The highest BCUT2D eigenvalue weighted by Gasteiger charge is 2.24. The molecule has 0 spiro atoms. The molecule has 1 fully saturated rings. The van der Waals surface area contributed by atoms with Crippen LogP contribution in [0.25, 0.3) is 0 Å². The molecular formula is C13H18FNO. The number of hydrogen-bond donors (Lipinski definition) is 1. The van der Waals surface area contributed by atoms with E-state index in [4.69, 9.17) is 0 Å². The summed E-state index contributed by atoms with van der Waals surface area (Å²) in [4.78, 5) is 2.20. The molecule has 2 atom stereocenters. The van der Waals surface area contributed by atoms with Crippen LogP contribution >= 0.6 is 0 Å². The molecule has 1 aromatic rings. The molecule has 16 heavy (non-hydrogen) atoms. The van der Waals surface area contributed by atoms with E-state index in [0.717, 1.165) is 25.1 Å². The van der Waals surface area contributed by atoms with Crippen LogP contribution in [-0.2, 0) is 6.54 Å². The number of hydrogen-bond acceptors (Lipinski definition) is 2. The highest BCUT2D eigenvalue weighted by molar-refractivity contribution is 5.17. The first kappa shape index (κ1) is 11.6. The fourth-order valence-corrected chi connectivity index (χ4v) is 2.23. The zero-order valence-corrected chi connectivity index (χ0v) is 9.56. The summed E-state index contributed by atoms with van der Waals surface area (Å²) in [5.74, 6) is 0.141. The number of nitrogens with zero attached hydrogens (tertiary/aromatic N) is 1. The van der Waals surface area contributed by atoms with Crippen molar-refractivity contribution in [1.29, 1.82) is 0 Å². The third-order valence-corrected chi connectivity index (χ3v) is 3.30. The SMILES string of the molecule is C[C@H]1CN(Cc2ccccc2F)CC[C@H]1O. The normalized spacial score (nSPS) is 26.9. The topological polar surface area (TPSA) is 23.5 Å². The number of piperidine rings is 1. The summed E-state index contributed by atoms with van der Waals surface area (Å²) in [6.07, 6.45) is 0.590. The van der Waals surface area contributed by atoms with Gasteiger partial charge in [-0.3, -0.25) is 4.90 Å². The van der Waals surface area contributed by atoms with Gasteiger partial charge in [-0.05, 0) is 18.4 Å². The van der Waals surface area contributed by atoms with Gasteiger partial charge in [-0.2, -0.15) is 0 Å². The van der Waals surface area contributed by atoms with E-state index in [2.05, 4.69) is 4.90 Å². The fraction of sp³-hybridized carbons (Fsp3) is 0.538. The number of aliphatic hydroxyl groups is 1. The first-order chi connectivity index (χ1) is 7.66. The van der Waals surface area contributed by atoms with Gasteiger partial charge in [0, 0.05) is 25.2 Å². The Kier molecular flexibility index (Phi) is 3.56. The molecular weight excluding hydrogens is 205 g/mol. The van der Waals surface area contributed by atoms with Crippen LogP contribution in [0.3, 0.4) is 0 Å². The first-order valence-electron chi connectivity index (χ1n) is 5.80. The van der Waals surface area contributed by atoms with Crippen LogP contribution < -0.4 is 0 Å². The molecule has 0 aromatic heterocycles. The van der Waals surface area contributed by atoms with E-state index in [9.17, 15) is 9.50 Å². The molecule has 1 N–H and O–H groups in total. The second-order valence-electron chi connectivity index (χ2n) is 4.66. The summed E-state index contributed by atoms with van der Waals surface area (Å²) in [6, 6.07) is 6.89. The Morgan fingerprint density at radius 1 is 1.44 bits per heavy atom. The molecule has 0 bridgehead atoms. The van der Waals surface area contributed by atoms with E-state index in [-0.39, 0.29) is 17.8 Å². The lowest BCUT2D eigenvalue weighted by atomic mass is 9.96. The van der Waals surface area contributed by atoms with E-state index in [1.807, 2.05) is 19.1 Å². The zero-order valence-electron chi connectivity index (χ0n) is 9.56. The lowest BCUT2D eigenvalue weighted by molar-refractivity contribution is 0.0316. The lowest BCUT2D eigenvalue weighted by Crippen LogP contribution is -2.41. The minimum Gasteiger partial charge on any atom is -0.393 e. The third-order valence-electron chi connectivity index (χ3n) is 3.30. The smallest absolute Gasteiger partial charge is 0.127 e. The van der Waals surface area contributed by atoms with Gasteiger partial charge in [0.1, 0.15) is 5.82 Å². The van der Waals surface area contributed by atoms with Crippen molar-refractivity contribution in [3.63, 3.8) is 0 Å². The summed E-state index contributed by atoms with van der Waals surface area (Å²) in [5.41, 5.74) is 0.742. The number of rotatable bonds is 2. The minimum absolute atomic E-state index is 0.138. The van der Waals surface area contributed by atoms with Gasteiger partial charge < -0.3 is 5.11 Å². The summed E-state index contributed by atoms with van der Waals surface area (Å²) >= 11 is 0. The minimum atomic E-state index is -0.197. The second kappa shape index (κ2) is 4.93. The monoisotopic (exact) mass is 223 g/mol. The van der Waals surface area contributed by atoms with Crippen LogP contribution in [-0.4, -0.2) is 29.2 Å². The Hall–Kier alpha value is -0.930. The van der Waals surface area contributed by atoms with Gasteiger partial charge in [0.15, 0.2) is 0 Å². The maximum Gasteiger partial charge on any atom is 0.127 e. The van der Waals surface area contributed by atoms with E-state index in [0.29, 0.717) is 6.54 Å². The summed E-state index contributed by atoms with van der Waals surface area (Å²) in [7, 11) is 0. The van der Waals surface area contributed by atoms with E-state index in [1.165, 1.54) is 6.07 Å². The molecule has 0 amide bonds. The van der Waals surface area contributed by atoms with Gasteiger partial charge in [-0.1, -0.05) is 25.1 Å². The number of likely N-dealkylation sites (tertiary alicyclic amines) is 1. The van der Waals surface area contributed by atoms with Crippen LogP contribution in [0, 0.1) is 11.7 Å². The van der Waals surface area contributed by atoms with Crippen molar-refractivity contribution in [3.05, 3.63) is 35.6 Å². The molecule has 1 aliphatic rings. The Labute approximate surface area is 95.7 Å². The van der Waals surface area contributed by atoms with E-state index in [1.54, 1.807) is 6.07 Å². The van der Waals surface area contributed by atoms with Crippen LogP contribution in [0.15, 0.2) is 24.3 Å². The summed E-state index contributed by atoms with van der Waals surface area (Å²) in [5, 5.41) is 9.62. The molecule has 3 heteroatoms. The molecule has 1 aromatic carbocycles. The Morgan fingerprint density at radius 2 is 2.19 bits per heavy atom. The quantitative estimate of drug-likeness (QED) is 0.829. The van der Waals surface area contributed by atoms with E-state index < -0.39 is 0 Å². The van der Waals surface area contributed by atoms with Crippen molar-refractivity contribution in [2.24, 2.45) is 5.92 Å². The highest BCUT2D eigenvalue weighted by Crippen LogP contribution is 2.19. The van der Waals surface area contributed by atoms with Crippen molar-refractivity contribution >= 4 is 0 Å². The summed E-state index contributed by atoms with van der Waals surface area (Å²) in [6.45, 7) is 4.37. The van der Waals surface area contributed by atoms with Gasteiger partial charge in [-0.25, -0.2) is 4.39 Å². The predicted molar refractivity (Wildman–Crippen MR) is 61.5 cm³/mol. The largest absolute Gasteiger partial charge is 0.393 e. The number of benzene rings is 1. The lowest BCUT2D eigenvalue weighted by Gasteiger charge is -2.34. The molecule has 0 unspecified atom stereocenters. The Bertz CT molecular complexity index is 356. The Balaban J connectivity index is 1.98.